The number of aliphatic imine (C=N–C) groups is 1. The van der Waals surface area contributed by atoms with Crippen molar-refractivity contribution in [1.82, 2.24) is 0 Å². The summed E-state index contributed by atoms with van der Waals surface area (Å²) < 4.78 is 49.4. The SMILES string of the molecule is COC(=O)[C@H]1N=CO[C@]1(c1ccccc1)C(F)(F)F. The van der Waals surface area contributed by atoms with E-state index in [1.807, 2.05) is 0 Å². The number of carbonyl (C=O) groups is 1. The van der Waals surface area contributed by atoms with Gasteiger partial charge in [-0.15, -0.1) is 0 Å². The van der Waals surface area contributed by atoms with E-state index in [4.69, 9.17) is 4.74 Å². The van der Waals surface area contributed by atoms with Gasteiger partial charge in [0.25, 0.3) is 5.60 Å². The lowest BCUT2D eigenvalue weighted by molar-refractivity contribution is -0.259. The molecule has 7 heteroatoms. The van der Waals surface area contributed by atoms with Gasteiger partial charge in [-0.25, -0.2) is 9.79 Å². The average molecular weight is 273 g/mol. The molecule has 0 aliphatic carbocycles. The molecule has 0 unspecified atom stereocenters. The Kier molecular flexibility index (Phi) is 3.21. The van der Waals surface area contributed by atoms with Crippen molar-refractivity contribution in [3.05, 3.63) is 35.9 Å². The summed E-state index contributed by atoms with van der Waals surface area (Å²) in [4.78, 5) is 15.0. The fourth-order valence-corrected chi connectivity index (χ4v) is 1.98. The summed E-state index contributed by atoms with van der Waals surface area (Å²) in [5.41, 5.74) is -3.03. The second kappa shape index (κ2) is 4.56. The quantitative estimate of drug-likeness (QED) is 0.775. The van der Waals surface area contributed by atoms with Crippen molar-refractivity contribution in [2.45, 2.75) is 17.8 Å². The van der Waals surface area contributed by atoms with Crippen LogP contribution in [0, 0.1) is 0 Å². The zero-order chi connectivity index (χ0) is 14.1. The summed E-state index contributed by atoms with van der Waals surface area (Å²) >= 11 is 0. The van der Waals surface area contributed by atoms with Gasteiger partial charge in [0.2, 0.25) is 6.04 Å². The number of alkyl halides is 3. The van der Waals surface area contributed by atoms with E-state index in [-0.39, 0.29) is 5.56 Å². The van der Waals surface area contributed by atoms with E-state index in [9.17, 15) is 18.0 Å². The predicted molar refractivity (Wildman–Crippen MR) is 59.6 cm³/mol. The minimum absolute atomic E-state index is 0.199. The second-order valence-corrected chi connectivity index (χ2v) is 3.90. The molecule has 0 saturated heterocycles. The number of hydrogen-bond acceptors (Lipinski definition) is 4. The number of esters is 1. The third-order valence-electron chi connectivity index (χ3n) is 2.88. The maximum absolute atomic E-state index is 13.4. The van der Waals surface area contributed by atoms with Gasteiger partial charge in [0, 0.05) is 5.56 Å². The van der Waals surface area contributed by atoms with Crippen LogP contribution in [-0.2, 0) is 19.9 Å². The zero-order valence-electron chi connectivity index (χ0n) is 9.85. The Labute approximate surface area is 106 Å². The molecule has 0 N–H and O–H groups in total. The van der Waals surface area contributed by atoms with Crippen LogP contribution < -0.4 is 0 Å². The minimum Gasteiger partial charge on any atom is -0.467 e. The number of nitrogens with zero attached hydrogens (tertiary/aromatic N) is 1. The van der Waals surface area contributed by atoms with Crippen molar-refractivity contribution in [3.63, 3.8) is 0 Å². The van der Waals surface area contributed by atoms with Gasteiger partial charge in [-0.1, -0.05) is 30.3 Å². The Balaban J connectivity index is 2.57. The lowest BCUT2D eigenvalue weighted by Crippen LogP contribution is -2.53. The highest BCUT2D eigenvalue weighted by Gasteiger charge is 2.67. The van der Waals surface area contributed by atoms with Crippen LogP contribution in [0.5, 0.6) is 0 Å². The van der Waals surface area contributed by atoms with E-state index >= 15 is 0 Å². The van der Waals surface area contributed by atoms with Crippen LogP contribution in [0.2, 0.25) is 0 Å². The van der Waals surface area contributed by atoms with Crippen molar-refractivity contribution >= 4 is 12.4 Å². The molecule has 102 valence electrons. The van der Waals surface area contributed by atoms with Gasteiger partial charge in [-0.3, -0.25) is 0 Å². The maximum Gasteiger partial charge on any atom is 0.435 e. The molecule has 0 saturated carbocycles. The molecule has 1 aromatic rings. The molecule has 4 nitrogen and oxygen atoms in total. The summed E-state index contributed by atoms with van der Waals surface area (Å²) in [6, 6.07) is 5.09. The summed E-state index contributed by atoms with van der Waals surface area (Å²) in [6.07, 6.45) is -4.17. The Bertz CT molecular complexity index is 501. The van der Waals surface area contributed by atoms with Crippen LogP contribution in [0.1, 0.15) is 5.56 Å². The number of benzene rings is 1. The van der Waals surface area contributed by atoms with E-state index in [1.54, 1.807) is 6.07 Å². The molecular formula is C12H10F3NO3. The van der Waals surface area contributed by atoms with Crippen LogP contribution >= 0.6 is 0 Å². The minimum atomic E-state index is -4.82. The standard InChI is InChI=1S/C12H10F3NO3/c1-18-10(17)9-11(12(13,14)15,19-7-16-9)8-5-3-2-4-6-8/h2-7,9H,1H3/t9-,11+/m1/s1. The van der Waals surface area contributed by atoms with Crippen LogP contribution in [0.4, 0.5) is 13.2 Å². The van der Waals surface area contributed by atoms with E-state index in [2.05, 4.69) is 9.73 Å². The molecule has 1 heterocycles. The Hall–Kier alpha value is -2.05. The van der Waals surface area contributed by atoms with Gasteiger partial charge in [-0.05, 0) is 0 Å². The number of halogens is 3. The second-order valence-electron chi connectivity index (χ2n) is 3.90. The first kappa shape index (κ1) is 13.4. The molecule has 2 rings (SSSR count). The van der Waals surface area contributed by atoms with Crippen molar-refractivity contribution < 1.29 is 27.4 Å². The first-order valence-corrected chi connectivity index (χ1v) is 5.33. The van der Waals surface area contributed by atoms with E-state index in [1.165, 1.54) is 24.3 Å². The summed E-state index contributed by atoms with van der Waals surface area (Å²) in [7, 11) is 1.00. The third kappa shape index (κ3) is 1.94. The monoisotopic (exact) mass is 273 g/mol. The van der Waals surface area contributed by atoms with Gasteiger partial charge in [0.15, 0.2) is 6.40 Å². The molecule has 2 atom stereocenters. The molecule has 0 aromatic heterocycles. The molecule has 0 amide bonds. The van der Waals surface area contributed by atoms with E-state index in [0.29, 0.717) is 6.40 Å². The zero-order valence-corrected chi connectivity index (χ0v) is 9.85. The average Bonchev–Trinajstić information content (AvgIpc) is 2.84. The van der Waals surface area contributed by atoms with Crippen LogP contribution in [0.25, 0.3) is 0 Å². The van der Waals surface area contributed by atoms with Crippen LogP contribution in [0.3, 0.4) is 0 Å². The number of methoxy groups -OCH3 is 1. The molecule has 0 bridgehead atoms. The molecule has 0 spiro atoms. The van der Waals surface area contributed by atoms with Gasteiger partial charge in [0.1, 0.15) is 0 Å². The number of carbonyl (C=O) groups excluding carboxylic acids is 1. The van der Waals surface area contributed by atoms with Gasteiger partial charge < -0.3 is 9.47 Å². The maximum atomic E-state index is 13.4. The van der Waals surface area contributed by atoms with Crippen molar-refractivity contribution in [1.29, 1.82) is 0 Å². The Morgan fingerprint density at radius 2 is 2.00 bits per heavy atom. The van der Waals surface area contributed by atoms with Crippen molar-refractivity contribution in [2.24, 2.45) is 4.99 Å². The third-order valence-corrected chi connectivity index (χ3v) is 2.88. The highest BCUT2D eigenvalue weighted by atomic mass is 19.4. The lowest BCUT2D eigenvalue weighted by atomic mass is 9.86. The van der Waals surface area contributed by atoms with Crippen molar-refractivity contribution in [2.75, 3.05) is 7.11 Å². The summed E-state index contributed by atoms with van der Waals surface area (Å²) in [5, 5.41) is 0. The normalized spacial score (nSPS) is 26.0. The van der Waals surface area contributed by atoms with Crippen LogP contribution in [0.15, 0.2) is 35.3 Å². The fraction of sp³-hybridized carbons (Fsp3) is 0.333. The van der Waals surface area contributed by atoms with Crippen molar-refractivity contribution in [3.8, 4) is 0 Å². The highest BCUT2D eigenvalue weighted by Crippen LogP contribution is 2.48. The van der Waals surface area contributed by atoms with E-state index < -0.39 is 23.8 Å². The van der Waals surface area contributed by atoms with Gasteiger partial charge in [-0.2, -0.15) is 13.2 Å². The van der Waals surface area contributed by atoms with E-state index in [0.717, 1.165) is 7.11 Å². The first-order chi connectivity index (χ1) is 8.93. The molecule has 1 aliphatic rings. The van der Waals surface area contributed by atoms with Crippen LogP contribution in [-0.4, -0.2) is 31.7 Å². The Morgan fingerprint density at radius 1 is 1.37 bits per heavy atom. The summed E-state index contributed by atoms with van der Waals surface area (Å²) in [6.45, 7) is 0. The molecule has 19 heavy (non-hydrogen) atoms. The fourth-order valence-electron chi connectivity index (χ4n) is 1.98. The van der Waals surface area contributed by atoms with Gasteiger partial charge in [0.05, 0.1) is 7.11 Å². The van der Waals surface area contributed by atoms with Gasteiger partial charge >= 0.3 is 12.1 Å². The molecule has 1 aliphatic heterocycles. The predicted octanol–water partition coefficient (Wildman–Crippen LogP) is 2.04. The number of hydrogen-bond donors (Lipinski definition) is 0. The molecular weight excluding hydrogens is 263 g/mol. The summed E-state index contributed by atoms with van der Waals surface area (Å²) in [5.74, 6) is -1.10. The Morgan fingerprint density at radius 3 is 2.53 bits per heavy atom. The number of ether oxygens (including phenoxy) is 2. The highest BCUT2D eigenvalue weighted by molar-refractivity contribution is 5.81. The molecule has 1 aromatic carbocycles. The molecule has 0 radical (unpaired) electrons. The molecule has 0 fully saturated rings. The largest absolute Gasteiger partial charge is 0.467 e. The smallest absolute Gasteiger partial charge is 0.435 e. The number of rotatable bonds is 2. The lowest BCUT2D eigenvalue weighted by Gasteiger charge is -2.33. The topological polar surface area (TPSA) is 47.9 Å². The first-order valence-electron chi connectivity index (χ1n) is 5.33.